The molecule has 0 aliphatic heterocycles. The second-order valence-corrected chi connectivity index (χ2v) is 40.1. The van der Waals surface area contributed by atoms with E-state index in [1.54, 1.807) is 11.1 Å². The van der Waals surface area contributed by atoms with Crippen molar-refractivity contribution in [2.75, 3.05) is 9.80 Å². The van der Waals surface area contributed by atoms with Crippen LogP contribution in [0.3, 0.4) is 0 Å². The largest absolute Gasteiger partial charge is 0.309 e. The fourth-order valence-corrected chi connectivity index (χ4v) is 27.6. The molecular formula is C132H104N2. The maximum atomic E-state index is 2.73. The van der Waals surface area contributed by atoms with E-state index in [0.717, 1.165) is 82.5 Å². The number of fused-ring (bicyclic) bond motifs is 12. The summed E-state index contributed by atoms with van der Waals surface area (Å²) in [5, 5.41) is 4.92. The average molecular weight is 1720 g/mol. The molecule has 8 unspecified atom stereocenters. The Kier molecular flexibility index (Phi) is 18.9. The van der Waals surface area contributed by atoms with Crippen LogP contribution in [0.4, 0.5) is 34.1 Å². The van der Waals surface area contributed by atoms with E-state index in [1.165, 1.54) is 181 Å². The molecule has 8 atom stereocenters. The molecule has 18 aromatic carbocycles. The van der Waals surface area contributed by atoms with Crippen LogP contribution in [-0.4, -0.2) is 0 Å². The summed E-state index contributed by atoms with van der Waals surface area (Å²) in [4.78, 5) is 5.32. The summed E-state index contributed by atoms with van der Waals surface area (Å²) in [6, 6.07) is 162. The lowest BCUT2D eigenvalue weighted by Gasteiger charge is -2.76. The van der Waals surface area contributed by atoms with Crippen LogP contribution in [0.1, 0.15) is 106 Å². The molecule has 0 N–H and O–H groups in total. The summed E-state index contributed by atoms with van der Waals surface area (Å²) < 4.78 is 0. The number of nitrogens with zero attached hydrogens (tertiary/aromatic N) is 2. The summed E-state index contributed by atoms with van der Waals surface area (Å²) in [5.41, 5.74) is 42.3. The summed E-state index contributed by atoms with van der Waals surface area (Å²) in [6.07, 6.45) is 19.6. The lowest BCUT2D eigenvalue weighted by Crippen LogP contribution is -2.73. The first kappa shape index (κ1) is 79.9. The van der Waals surface area contributed by atoms with Crippen molar-refractivity contribution in [1.29, 1.82) is 0 Å². The molecule has 26 rings (SSSR count). The van der Waals surface area contributed by atoms with Gasteiger partial charge in [-0.15, -0.1) is 0 Å². The van der Waals surface area contributed by atoms with Gasteiger partial charge in [-0.05, 0) is 284 Å². The predicted molar refractivity (Wildman–Crippen MR) is 562 cm³/mol. The van der Waals surface area contributed by atoms with Crippen molar-refractivity contribution >= 4 is 61.2 Å². The number of anilines is 6. The number of rotatable bonds is 19. The van der Waals surface area contributed by atoms with Gasteiger partial charge in [-0.3, -0.25) is 0 Å². The first-order valence-electron chi connectivity index (χ1n) is 48.8. The lowest BCUT2D eigenvalue weighted by molar-refractivity contribution is -0.231. The van der Waals surface area contributed by atoms with Gasteiger partial charge >= 0.3 is 0 Å². The van der Waals surface area contributed by atoms with Crippen LogP contribution < -0.4 is 9.80 Å². The van der Waals surface area contributed by atoms with E-state index >= 15 is 0 Å². The van der Waals surface area contributed by atoms with E-state index in [-0.39, 0.29) is 16.7 Å². The summed E-state index contributed by atoms with van der Waals surface area (Å²) in [7, 11) is 0. The van der Waals surface area contributed by atoms with Crippen LogP contribution in [0, 0.1) is 35.0 Å². The van der Waals surface area contributed by atoms with Gasteiger partial charge in [-0.2, -0.15) is 0 Å². The molecule has 4 saturated carbocycles. The SMILES string of the molecule is CC1CC=CC2=C1C(C1=CCCC(CC(C)(C)c3ccc(-c4ccccc4)c(N(c4ccc5c(c4)C4(c6ccccc6-5)C5CC6CC7CC4C75C6)c4ccccc4-c4cccc5cccc(-c6ccccc6)c45)c3)=C1)(c1ccccc1)c1cc(-c3ccccc3N(c3ccccc3-c3ccc(-c4ccccc4)cc3)c3ccccc3-c3cccc4cccc(-c5ccccc5)c34)ccc12. The first-order valence-corrected chi connectivity index (χ1v) is 48.8. The van der Waals surface area contributed by atoms with Crippen molar-refractivity contribution in [3.8, 4) is 100 Å². The molecule has 2 spiro atoms. The second-order valence-electron chi connectivity index (χ2n) is 40.1. The molecule has 0 aromatic heterocycles. The van der Waals surface area contributed by atoms with E-state index < -0.39 is 5.41 Å². The zero-order valence-electron chi connectivity index (χ0n) is 76.2. The molecule has 8 aliphatic rings. The van der Waals surface area contributed by atoms with Crippen LogP contribution >= 0.6 is 0 Å². The molecule has 642 valence electrons. The second kappa shape index (κ2) is 31.6. The number of para-hydroxylation sites is 4. The molecule has 134 heavy (non-hydrogen) atoms. The zero-order chi connectivity index (χ0) is 89.0. The third kappa shape index (κ3) is 12.2. The topological polar surface area (TPSA) is 6.48 Å². The highest BCUT2D eigenvalue weighted by molar-refractivity contribution is 6.12. The van der Waals surface area contributed by atoms with Gasteiger partial charge in [-0.25, -0.2) is 0 Å². The van der Waals surface area contributed by atoms with Crippen molar-refractivity contribution < 1.29 is 0 Å². The van der Waals surface area contributed by atoms with Crippen molar-refractivity contribution in [3.05, 3.63) is 499 Å². The maximum Gasteiger partial charge on any atom is 0.0676 e. The minimum Gasteiger partial charge on any atom is -0.309 e. The average Bonchev–Trinajstić information content (AvgIpc) is 1.43. The molecule has 2 heteroatoms. The van der Waals surface area contributed by atoms with E-state index in [4.69, 9.17) is 0 Å². The maximum absolute atomic E-state index is 2.73. The Hall–Kier alpha value is -15.0. The highest BCUT2D eigenvalue weighted by Gasteiger charge is 2.84. The Morgan fingerprint density at radius 1 is 0.343 bits per heavy atom. The van der Waals surface area contributed by atoms with Crippen LogP contribution in [-0.2, 0) is 16.2 Å². The number of allylic oxidation sites excluding steroid dienone is 8. The predicted octanol–water partition coefficient (Wildman–Crippen LogP) is 35.3. The van der Waals surface area contributed by atoms with E-state index in [1.807, 2.05) is 0 Å². The fourth-order valence-electron chi connectivity index (χ4n) is 27.6. The summed E-state index contributed by atoms with van der Waals surface area (Å²) in [6.45, 7) is 7.58. The lowest BCUT2D eigenvalue weighted by atomic mass is 9.27. The Morgan fingerprint density at radius 2 is 0.799 bits per heavy atom. The van der Waals surface area contributed by atoms with Crippen LogP contribution in [0.5, 0.6) is 0 Å². The smallest absolute Gasteiger partial charge is 0.0676 e. The molecule has 2 bridgehead atoms. The van der Waals surface area contributed by atoms with Gasteiger partial charge in [0, 0.05) is 38.9 Å². The van der Waals surface area contributed by atoms with Gasteiger partial charge in [0.05, 0.1) is 33.9 Å². The normalized spacial score (nSPS) is 20.7. The molecule has 2 nitrogen and oxygen atoms in total. The van der Waals surface area contributed by atoms with E-state index in [0.29, 0.717) is 17.3 Å². The number of benzene rings is 18. The minimum atomic E-state index is -0.635. The van der Waals surface area contributed by atoms with Crippen LogP contribution in [0.15, 0.2) is 466 Å². The van der Waals surface area contributed by atoms with Gasteiger partial charge in [0.1, 0.15) is 0 Å². The summed E-state index contributed by atoms with van der Waals surface area (Å²) >= 11 is 0. The number of hydrogen-bond acceptors (Lipinski definition) is 2. The summed E-state index contributed by atoms with van der Waals surface area (Å²) in [5.74, 6) is 3.31. The molecule has 0 heterocycles. The van der Waals surface area contributed by atoms with Gasteiger partial charge < -0.3 is 9.80 Å². The highest BCUT2D eigenvalue weighted by atomic mass is 15.2. The van der Waals surface area contributed by atoms with Crippen molar-refractivity contribution in [2.45, 2.75) is 88.4 Å². The molecule has 4 fully saturated rings. The van der Waals surface area contributed by atoms with Crippen molar-refractivity contribution in [3.63, 3.8) is 0 Å². The molecule has 8 aliphatic carbocycles. The molecular weight excluding hydrogens is 1610 g/mol. The number of hydrogen-bond donors (Lipinski definition) is 0. The third-order valence-corrected chi connectivity index (χ3v) is 32.9. The Bertz CT molecular complexity index is 7870. The van der Waals surface area contributed by atoms with Crippen molar-refractivity contribution in [1.82, 2.24) is 0 Å². The quantitative estimate of drug-likeness (QED) is 0.0796. The standard InChI is InChI=1S/C132H104N2/c1-86-35-29-61-115-110-74-71-97(104-53-21-26-64-120(104)134(119-63-25-20-52-103(119)94-69-67-90(68-70-94)89-37-9-4-10-38-89)122-66-28-23-56-112(122)114-60-34-48-96-46-32-58-107(127(96)114)93-43-15-7-16-44-93)80-117(110)131(128(86)115,98-49-17-8-18-50-98)100-51-30-36-87(77-100)84-129(2,3)99-72-75-105(91-39-11-5-12-40-91)123(81-99)133(121-65-27-22-55-111(121)113-59-33-47-95-45-31-57-106(126(95)113)92-41-13-6-14-42-92)102-73-76-109-108-54-19-24-62-116(108)132(118(109)83-102)124-79-88-78-101-82-125(132)130(101,124)85-88/h4-29,31-34,37-77,80-81,83,86,88,101,124-125H,30,35-36,78-79,82,84-85H2,1-3H3. The fraction of sp³-hybridized carbons (Fsp3) is 0.152. The van der Waals surface area contributed by atoms with E-state index in [2.05, 4.69) is 480 Å². The molecule has 0 radical (unpaired) electrons. The monoisotopic (exact) mass is 1720 g/mol. The van der Waals surface area contributed by atoms with Gasteiger partial charge in [0.2, 0.25) is 0 Å². The van der Waals surface area contributed by atoms with Crippen molar-refractivity contribution in [2.24, 2.45) is 35.0 Å². The van der Waals surface area contributed by atoms with Gasteiger partial charge in [-0.1, -0.05) is 427 Å². The van der Waals surface area contributed by atoms with Gasteiger partial charge in [0.15, 0.2) is 0 Å². The van der Waals surface area contributed by atoms with Crippen LogP contribution in [0.25, 0.3) is 127 Å². The molecule has 18 aromatic rings. The van der Waals surface area contributed by atoms with Crippen LogP contribution in [0.2, 0.25) is 0 Å². The van der Waals surface area contributed by atoms with Gasteiger partial charge in [0.25, 0.3) is 0 Å². The minimum absolute atomic E-state index is 0.00115. The Balaban J connectivity index is 0.630. The first-order chi connectivity index (χ1) is 66.1. The Morgan fingerprint density at radius 3 is 1.41 bits per heavy atom. The zero-order valence-corrected chi connectivity index (χ0v) is 76.2. The van der Waals surface area contributed by atoms with E-state index in [9.17, 15) is 0 Å². The Labute approximate surface area is 788 Å². The molecule has 0 saturated heterocycles. The molecule has 0 amide bonds. The highest BCUT2D eigenvalue weighted by Crippen LogP contribution is 2.90. The third-order valence-electron chi connectivity index (χ3n) is 32.9.